The number of rotatable bonds is 4. The summed E-state index contributed by atoms with van der Waals surface area (Å²) in [5.74, 6) is 1.75. The van der Waals surface area contributed by atoms with Gasteiger partial charge in [0.1, 0.15) is 0 Å². The van der Waals surface area contributed by atoms with Gasteiger partial charge in [0.25, 0.3) is 0 Å². The van der Waals surface area contributed by atoms with Crippen LogP contribution in [0.3, 0.4) is 0 Å². The van der Waals surface area contributed by atoms with Gasteiger partial charge in [0.15, 0.2) is 0 Å². The maximum atomic E-state index is 4.20. The maximum Gasteiger partial charge on any atom is 0.0410 e. The Morgan fingerprint density at radius 2 is 2.33 bits per heavy atom. The summed E-state index contributed by atoms with van der Waals surface area (Å²) in [6, 6.07) is 2.76. The number of nitrogens with one attached hydrogen (secondary N) is 1. The normalized spacial score (nSPS) is 26.3. The number of pyridine rings is 1. The Bertz CT molecular complexity index is 340. The molecule has 0 bridgehead atoms. The van der Waals surface area contributed by atoms with Crippen molar-refractivity contribution in [2.75, 3.05) is 7.05 Å². The highest BCUT2D eigenvalue weighted by Crippen LogP contribution is 2.41. The molecule has 1 aliphatic carbocycles. The van der Waals surface area contributed by atoms with E-state index in [1.54, 1.807) is 0 Å². The molecule has 0 aliphatic heterocycles. The van der Waals surface area contributed by atoms with E-state index in [0.717, 1.165) is 22.7 Å². The molecule has 1 N–H and O–H groups in total. The lowest BCUT2D eigenvalue weighted by Crippen LogP contribution is -2.30. The lowest BCUT2D eigenvalue weighted by Gasteiger charge is -2.15. The summed E-state index contributed by atoms with van der Waals surface area (Å²) < 4.78 is 1.07. The van der Waals surface area contributed by atoms with Crippen molar-refractivity contribution >= 4 is 15.9 Å². The fourth-order valence-electron chi connectivity index (χ4n) is 2.20. The van der Waals surface area contributed by atoms with Gasteiger partial charge in [-0.3, -0.25) is 4.98 Å². The largest absolute Gasteiger partial charge is 0.316 e. The maximum absolute atomic E-state index is 4.20. The molecular formula is C12H17BrN2. The van der Waals surface area contributed by atoms with E-state index >= 15 is 0 Å². The van der Waals surface area contributed by atoms with Crippen molar-refractivity contribution in [3.8, 4) is 0 Å². The Labute approximate surface area is 99.6 Å². The standard InChI is InChI=1S/C12H17BrN2/c1-8-3-11(8)12(14-2)5-9-4-10(13)7-15-6-9/h4,6-8,11-12,14H,3,5H2,1-2H3. The second kappa shape index (κ2) is 4.62. The summed E-state index contributed by atoms with van der Waals surface area (Å²) in [7, 11) is 2.06. The van der Waals surface area contributed by atoms with Crippen LogP contribution >= 0.6 is 15.9 Å². The van der Waals surface area contributed by atoms with Gasteiger partial charge in [0, 0.05) is 22.9 Å². The number of hydrogen-bond acceptors (Lipinski definition) is 2. The van der Waals surface area contributed by atoms with Gasteiger partial charge in [-0.05, 0) is 59.3 Å². The molecule has 0 amide bonds. The molecule has 2 nitrogen and oxygen atoms in total. The lowest BCUT2D eigenvalue weighted by atomic mass is 10.0. The Hall–Kier alpha value is -0.410. The van der Waals surface area contributed by atoms with Gasteiger partial charge in [-0.15, -0.1) is 0 Å². The Morgan fingerprint density at radius 3 is 2.87 bits per heavy atom. The lowest BCUT2D eigenvalue weighted by molar-refractivity contribution is 0.479. The average molecular weight is 269 g/mol. The van der Waals surface area contributed by atoms with Gasteiger partial charge >= 0.3 is 0 Å². The molecule has 0 spiro atoms. The third kappa shape index (κ3) is 2.79. The molecule has 0 aromatic carbocycles. The molecule has 82 valence electrons. The molecule has 0 saturated heterocycles. The third-order valence-corrected chi connectivity index (χ3v) is 3.71. The molecule has 3 atom stereocenters. The first-order valence-electron chi connectivity index (χ1n) is 5.47. The van der Waals surface area contributed by atoms with Gasteiger partial charge < -0.3 is 5.32 Å². The van der Waals surface area contributed by atoms with Gasteiger partial charge in [0.2, 0.25) is 0 Å². The first-order chi connectivity index (χ1) is 7.20. The Kier molecular flexibility index (Phi) is 3.42. The van der Waals surface area contributed by atoms with Crippen molar-refractivity contribution in [2.24, 2.45) is 11.8 Å². The topological polar surface area (TPSA) is 24.9 Å². The van der Waals surface area contributed by atoms with E-state index in [-0.39, 0.29) is 0 Å². The van der Waals surface area contributed by atoms with E-state index in [0.29, 0.717) is 6.04 Å². The molecule has 1 heterocycles. The van der Waals surface area contributed by atoms with Crippen LogP contribution in [0.15, 0.2) is 22.9 Å². The van der Waals surface area contributed by atoms with Crippen molar-refractivity contribution in [3.05, 3.63) is 28.5 Å². The minimum absolute atomic E-state index is 0.608. The average Bonchev–Trinajstić information content (AvgIpc) is 2.92. The smallest absolute Gasteiger partial charge is 0.0410 e. The van der Waals surface area contributed by atoms with Crippen LogP contribution in [0.2, 0.25) is 0 Å². The van der Waals surface area contributed by atoms with Crippen LogP contribution in [0.5, 0.6) is 0 Å². The number of likely N-dealkylation sites (N-methyl/N-ethyl adjacent to an activating group) is 1. The van der Waals surface area contributed by atoms with E-state index in [9.17, 15) is 0 Å². The molecule has 1 saturated carbocycles. The first-order valence-corrected chi connectivity index (χ1v) is 6.26. The van der Waals surface area contributed by atoms with Crippen LogP contribution in [0.1, 0.15) is 18.9 Å². The molecule has 1 aromatic heterocycles. The van der Waals surface area contributed by atoms with E-state index < -0.39 is 0 Å². The van der Waals surface area contributed by atoms with Gasteiger partial charge in [-0.25, -0.2) is 0 Å². The zero-order valence-electron chi connectivity index (χ0n) is 9.20. The predicted molar refractivity (Wildman–Crippen MR) is 65.8 cm³/mol. The predicted octanol–water partition coefficient (Wildman–Crippen LogP) is 2.63. The van der Waals surface area contributed by atoms with Crippen molar-refractivity contribution in [1.82, 2.24) is 10.3 Å². The monoisotopic (exact) mass is 268 g/mol. The van der Waals surface area contributed by atoms with E-state index in [1.165, 1.54) is 12.0 Å². The Balaban J connectivity index is 2.00. The SMILES string of the molecule is CNC(Cc1cncc(Br)c1)C1CC1C. The number of nitrogens with zero attached hydrogens (tertiary/aromatic N) is 1. The second-order valence-corrected chi connectivity index (χ2v) is 5.40. The number of halogens is 1. The molecular weight excluding hydrogens is 252 g/mol. The summed E-state index contributed by atoms with van der Waals surface area (Å²) in [5, 5.41) is 3.42. The highest BCUT2D eigenvalue weighted by Gasteiger charge is 2.38. The van der Waals surface area contributed by atoms with Crippen LogP contribution in [0, 0.1) is 11.8 Å². The van der Waals surface area contributed by atoms with E-state index in [4.69, 9.17) is 0 Å². The third-order valence-electron chi connectivity index (χ3n) is 3.28. The summed E-state index contributed by atoms with van der Waals surface area (Å²) in [6.07, 6.45) is 6.24. The molecule has 15 heavy (non-hydrogen) atoms. The van der Waals surface area contributed by atoms with Crippen LogP contribution in [-0.2, 0) is 6.42 Å². The highest BCUT2D eigenvalue weighted by atomic mass is 79.9. The van der Waals surface area contributed by atoms with Gasteiger partial charge in [0.05, 0.1) is 0 Å². The van der Waals surface area contributed by atoms with Gasteiger partial charge in [-0.2, -0.15) is 0 Å². The summed E-state index contributed by atoms with van der Waals surface area (Å²) >= 11 is 3.46. The summed E-state index contributed by atoms with van der Waals surface area (Å²) in [6.45, 7) is 2.33. The second-order valence-electron chi connectivity index (χ2n) is 4.49. The Morgan fingerprint density at radius 1 is 1.60 bits per heavy atom. The molecule has 2 rings (SSSR count). The number of hydrogen-bond donors (Lipinski definition) is 1. The number of aromatic nitrogens is 1. The molecule has 0 radical (unpaired) electrons. The summed E-state index contributed by atoms with van der Waals surface area (Å²) in [4.78, 5) is 4.20. The van der Waals surface area contributed by atoms with Crippen LogP contribution < -0.4 is 5.32 Å². The molecule has 1 aliphatic rings. The molecule has 3 unspecified atom stereocenters. The zero-order chi connectivity index (χ0) is 10.8. The highest BCUT2D eigenvalue weighted by molar-refractivity contribution is 9.10. The minimum atomic E-state index is 0.608. The van der Waals surface area contributed by atoms with Crippen molar-refractivity contribution < 1.29 is 0 Å². The van der Waals surface area contributed by atoms with Crippen LogP contribution in [-0.4, -0.2) is 18.1 Å². The van der Waals surface area contributed by atoms with Gasteiger partial charge in [-0.1, -0.05) is 6.92 Å². The van der Waals surface area contributed by atoms with E-state index in [2.05, 4.69) is 46.3 Å². The molecule has 1 aromatic rings. The van der Waals surface area contributed by atoms with Crippen molar-refractivity contribution in [3.63, 3.8) is 0 Å². The van der Waals surface area contributed by atoms with Crippen molar-refractivity contribution in [1.29, 1.82) is 0 Å². The zero-order valence-corrected chi connectivity index (χ0v) is 10.8. The minimum Gasteiger partial charge on any atom is -0.316 e. The molecule has 3 heteroatoms. The van der Waals surface area contributed by atoms with E-state index in [1.807, 2.05) is 12.4 Å². The summed E-state index contributed by atoms with van der Waals surface area (Å²) in [5.41, 5.74) is 1.31. The molecule has 1 fully saturated rings. The quantitative estimate of drug-likeness (QED) is 0.908. The first kappa shape index (κ1) is 11.1. The fraction of sp³-hybridized carbons (Fsp3) is 0.583. The fourth-order valence-corrected chi connectivity index (χ4v) is 2.61. The van der Waals surface area contributed by atoms with Crippen LogP contribution in [0.4, 0.5) is 0 Å². The van der Waals surface area contributed by atoms with Crippen molar-refractivity contribution in [2.45, 2.75) is 25.8 Å². The van der Waals surface area contributed by atoms with Crippen LogP contribution in [0.25, 0.3) is 0 Å².